The molecule has 2 N–H and O–H groups in total. The number of aryl methyl sites for hydroxylation is 1. The van der Waals surface area contributed by atoms with Crippen LogP contribution in [0, 0.1) is 0 Å². The molecule has 1 atom stereocenters. The van der Waals surface area contributed by atoms with E-state index in [4.69, 9.17) is 0 Å². The molecule has 1 amide bonds. The fourth-order valence-electron chi connectivity index (χ4n) is 2.22. The number of guanidine groups is 1. The van der Waals surface area contributed by atoms with Crippen molar-refractivity contribution in [2.45, 2.75) is 19.5 Å². The van der Waals surface area contributed by atoms with E-state index in [1.165, 1.54) is 0 Å². The molecule has 2 rings (SSSR count). The molecule has 0 aliphatic rings. The van der Waals surface area contributed by atoms with E-state index < -0.39 is 0 Å². The molecule has 0 fully saturated rings. The third-order valence-electron chi connectivity index (χ3n) is 3.88. The van der Waals surface area contributed by atoms with Gasteiger partial charge >= 0.3 is 0 Å². The summed E-state index contributed by atoms with van der Waals surface area (Å²) in [6.45, 7) is 2.72. The average Bonchev–Trinajstić information content (AvgIpc) is 3.02. The van der Waals surface area contributed by atoms with Gasteiger partial charge in [0, 0.05) is 27.3 Å². The second kappa shape index (κ2) is 10.8. The molecular weight excluding hydrogens is 443 g/mol. The first-order valence-electron chi connectivity index (χ1n) is 8.24. The van der Waals surface area contributed by atoms with Crippen LogP contribution in [0.5, 0.6) is 0 Å². The molecule has 0 radical (unpaired) electrons. The van der Waals surface area contributed by atoms with Gasteiger partial charge in [-0.1, -0.05) is 30.3 Å². The fraction of sp³-hybridized carbons (Fsp3) is 0.389. The summed E-state index contributed by atoms with van der Waals surface area (Å²) in [6, 6.07) is 12.1. The number of nitrogens with one attached hydrogen (secondary N) is 2. The Morgan fingerprint density at radius 3 is 2.54 bits per heavy atom. The minimum Gasteiger partial charge on any atom is -0.350 e. The van der Waals surface area contributed by atoms with E-state index in [9.17, 15) is 4.79 Å². The summed E-state index contributed by atoms with van der Waals surface area (Å²) < 4.78 is 1.78. The predicted molar refractivity (Wildman–Crippen MR) is 114 cm³/mol. The van der Waals surface area contributed by atoms with Gasteiger partial charge in [0.2, 0.25) is 5.91 Å². The summed E-state index contributed by atoms with van der Waals surface area (Å²) in [4.78, 5) is 18.0. The summed E-state index contributed by atoms with van der Waals surface area (Å²) in [7, 11) is 5.35. The van der Waals surface area contributed by atoms with Crippen molar-refractivity contribution in [1.29, 1.82) is 0 Å². The van der Waals surface area contributed by atoms with Crippen LogP contribution in [0.1, 0.15) is 24.2 Å². The largest absolute Gasteiger partial charge is 0.350 e. The van der Waals surface area contributed by atoms with Crippen LogP contribution in [0.2, 0.25) is 0 Å². The van der Waals surface area contributed by atoms with E-state index in [1.54, 1.807) is 29.9 Å². The number of hydrogen-bond donors (Lipinski definition) is 2. The highest BCUT2D eigenvalue weighted by molar-refractivity contribution is 14.0. The lowest BCUT2D eigenvalue weighted by Crippen LogP contribution is -2.43. The van der Waals surface area contributed by atoms with Crippen molar-refractivity contribution in [2.24, 2.45) is 12.0 Å². The van der Waals surface area contributed by atoms with Gasteiger partial charge < -0.3 is 15.5 Å². The molecule has 26 heavy (non-hydrogen) atoms. The molecular formula is C18H27IN6O. The molecule has 1 unspecified atom stereocenters. The number of nitrogens with zero attached hydrogens (tertiary/aromatic N) is 4. The van der Waals surface area contributed by atoms with Gasteiger partial charge in [0.15, 0.2) is 5.96 Å². The zero-order valence-electron chi connectivity index (χ0n) is 15.6. The molecule has 1 aromatic heterocycles. The maximum atomic E-state index is 11.9. The molecule has 0 aliphatic carbocycles. The maximum absolute atomic E-state index is 11.9. The van der Waals surface area contributed by atoms with Gasteiger partial charge in [0.05, 0.1) is 24.8 Å². The number of halogens is 1. The lowest BCUT2D eigenvalue weighted by molar-refractivity contribution is -0.127. The first-order chi connectivity index (χ1) is 12.0. The van der Waals surface area contributed by atoms with Crippen LogP contribution in [0.4, 0.5) is 0 Å². The van der Waals surface area contributed by atoms with Gasteiger partial charge in [-0.2, -0.15) is 5.10 Å². The van der Waals surface area contributed by atoms with Crippen LogP contribution in [-0.2, 0) is 18.4 Å². The Morgan fingerprint density at radius 2 is 1.96 bits per heavy atom. The van der Waals surface area contributed by atoms with Crippen LogP contribution in [0.15, 0.2) is 47.6 Å². The van der Waals surface area contributed by atoms with Crippen molar-refractivity contribution in [2.75, 3.05) is 20.6 Å². The molecule has 0 spiro atoms. The summed E-state index contributed by atoms with van der Waals surface area (Å²) in [5, 5.41) is 10.6. The average molecular weight is 470 g/mol. The molecule has 0 aliphatic heterocycles. The number of rotatable bonds is 6. The van der Waals surface area contributed by atoms with Crippen molar-refractivity contribution >= 4 is 35.8 Å². The quantitative estimate of drug-likeness (QED) is 0.385. The Balaban J connectivity index is 0.00000338. The number of aliphatic imine (C=N–C) groups is 1. The highest BCUT2D eigenvalue weighted by Gasteiger charge is 2.10. The Bertz CT molecular complexity index is 713. The van der Waals surface area contributed by atoms with Crippen molar-refractivity contribution in [3.63, 3.8) is 0 Å². The van der Waals surface area contributed by atoms with Crippen LogP contribution in [-0.4, -0.2) is 47.2 Å². The monoisotopic (exact) mass is 470 g/mol. The predicted octanol–water partition coefficient (Wildman–Crippen LogP) is 1.92. The molecule has 1 aromatic carbocycles. The summed E-state index contributed by atoms with van der Waals surface area (Å²) in [5.41, 5.74) is 2.14. The van der Waals surface area contributed by atoms with E-state index in [0.717, 1.165) is 11.3 Å². The van der Waals surface area contributed by atoms with Gasteiger partial charge in [-0.3, -0.25) is 9.48 Å². The summed E-state index contributed by atoms with van der Waals surface area (Å²) in [5.74, 6) is 0.579. The Hall–Kier alpha value is -2.10. The van der Waals surface area contributed by atoms with Crippen molar-refractivity contribution < 1.29 is 4.79 Å². The van der Waals surface area contributed by atoms with Crippen LogP contribution >= 0.6 is 24.0 Å². The number of carbonyl (C=O) groups is 1. The van der Waals surface area contributed by atoms with Crippen LogP contribution in [0.3, 0.4) is 0 Å². The van der Waals surface area contributed by atoms with Gasteiger partial charge in [-0.25, -0.2) is 4.99 Å². The minimum atomic E-state index is -0.0117. The maximum Gasteiger partial charge on any atom is 0.241 e. The van der Waals surface area contributed by atoms with Gasteiger partial charge in [-0.05, 0) is 18.6 Å². The van der Waals surface area contributed by atoms with E-state index in [1.807, 2.05) is 31.3 Å². The Morgan fingerprint density at radius 1 is 1.27 bits per heavy atom. The zero-order valence-corrected chi connectivity index (χ0v) is 18.0. The van der Waals surface area contributed by atoms with Crippen molar-refractivity contribution in [3.05, 3.63) is 53.9 Å². The van der Waals surface area contributed by atoms with Crippen molar-refractivity contribution in [1.82, 2.24) is 25.3 Å². The fourth-order valence-corrected chi connectivity index (χ4v) is 2.22. The molecule has 8 heteroatoms. The molecule has 7 nitrogen and oxygen atoms in total. The van der Waals surface area contributed by atoms with Gasteiger partial charge in [-0.15, -0.1) is 24.0 Å². The first kappa shape index (κ1) is 21.9. The Kier molecular flexibility index (Phi) is 9.11. The third-order valence-corrected chi connectivity index (χ3v) is 3.88. The standard InChI is InChI=1S/C18H26N6O.HI/c1-14(15-8-6-5-7-9-15)22-18(20-13-17(25)23(2)3)19-12-16-10-11-21-24(16)4;/h5-11,14H,12-13H2,1-4H3,(H2,19,20,22);1H. The molecule has 0 saturated carbocycles. The van der Waals surface area contributed by atoms with Crippen LogP contribution in [0.25, 0.3) is 0 Å². The number of hydrogen-bond acceptors (Lipinski definition) is 3. The third kappa shape index (κ3) is 6.66. The van der Waals surface area contributed by atoms with Crippen LogP contribution < -0.4 is 10.6 Å². The summed E-state index contributed by atoms with van der Waals surface area (Å²) >= 11 is 0. The lowest BCUT2D eigenvalue weighted by Gasteiger charge is -2.19. The molecule has 142 valence electrons. The van der Waals surface area contributed by atoms with E-state index >= 15 is 0 Å². The van der Waals surface area contributed by atoms with Crippen molar-refractivity contribution in [3.8, 4) is 0 Å². The number of carbonyl (C=O) groups excluding carboxylic acids is 1. The zero-order chi connectivity index (χ0) is 18.2. The number of likely N-dealkylation sites (N-methyl/N-ethyl adjacent to an activating group) is 1. The highest BCUT2D eigenvalue weighted by Crippen LogP contribution is 2.11. The second-order valence-corrected chi connectivity index (χ2v) is 6.03. The summed E-state index contributed by atoms with van der Waals surface area (Å²) in [6.07, 6.45) is 1.74. The smallest absolute Gasteiger partial charge is 0.241 e. The Labute approximate surface area is 171 Å². The van der Waals surface area contributed by atoms with Gasteiger partial charge in [0.25, 0.3) is 0 Å². The van der Waals surface area contributed by atoms with E-state index in [0.29, 0.717) is 12.5 Å². The minimum absolute atomic E-state index is 0. The molecule has 0 saturated heterocycles. The normalized spacial score (nSPS) is 12.1. The number of aromatic nitrogens is 2. The lowest BCUT2D eigenvalue weighted by atomic mass is 10.1. The molecule has 1 heterocycles. The highest BCUT2D eigenvalue weighted by atomic mass is 127. The second-order valence-electron chi connectivity index (χ2n) is 6.03. The number of benzene rings is 1. The SMILES string of the molecule is CC(NC(=NCc1ccnn1C)NCC(=O)N(C)C)c1ccccc1.I. The van der Waals surface area contributed by atoms with Gasteiger partial charge in [0.1, 0.15) is 0 Å². The molecule has 2 aromatic rings. The number of amides is 1. The topological polar surface area (TPSA) is 74.5 Å². The van der Waals surface area contributed by atoms with E-state index in [2.05, 4.69) is 39.8 Å². The van der Waals surface area contributed by atoms with E-state index in [-0.39, 0.29) is 42.5 Å². The molecule has 0 bridgehead atoms. The first-order valence-corrected chi connectivity index (χ1v) is 8.24.